The Kier molecular flexibility index (Phi) is 5.92. The molecule has 0 radical (unpaired) electrons. The molecule has 0 bridgehead atoms. The van der Waals surface area contributed by atoms with Crippen LogP contribution in [-0.2, 0) is 0 Å². The first kappa shape index (κ1) is 16.4. The summed E-state index contributed by atoms with van der Waals surface area (Å²) in [6.07, 6.45) is 4.10. The van der Waals surface area contributed by atoms with E-state index >= 15 is 0 Å². The predicted octanol–water partition coefficient (Wildman–Crippen LogP) is 3.35. The Balaban J connectivity index is 2.88. The Bertz CT molecular complexity index is 460. The molecular weight excluding hydrogens is 257 g/mol. The number of hydrogen-bond acceptors (Lipinski definition) is 3. The van der Waals surface area contributed by atoms with Crippen LogP contribution in [0.5, 0.6) is 0 Å². The smallest absolute Gasteiger partial charge is 0.254 e. The molecule has 1 aromatic rings. The van der Waals surface area contributed by atoms with Gasteiger partial charge in [-0.3, -0.25) is 4.79 Å². The maximum Gasteiger partial charge on any atom is 0.254 e. The summed E-state index contributed by atoms with van der Waals surface area (Å²) in [4.78, 5) is 16.1. The van der Waals surface area contributed by atoms with Crippen molar-refractivity contribution in [3.05, 3.63) is 23.6 Å². The highest BCUT2D eigenvalue weighted by Crippen LogP contribution is 2.17. The van der Waals surface area contributed by atoms with Gasteiger partial charge in [-0.25, -0.2) is 9.37 Å². The number of hydrogen-bond donors (Lipinski definition) is 2. The molecule has 0 unspecified atom stereocenters. The molecule has 4 nitrogen and oxygen atoms in total. The molecule has 0 aromatic carbocycles. The molecule has 0 aliphatic heterocycles. The summed E-state index contributed by atoms with van der Waals surface area (Å²) in [5.74, 6) is -0.860. The number of nitrogens with one attached hydrogen (secondary N) is 2. The van der Waals surface area contributed by atoms with Crippen LogP contribution >= 0.6 is 0 Å². The van der Waals surface area contributed by atoms with Crippen LogP contribution in [-0.4, -0.2) is 23.0 Å². The van der Waals surface area contributed by atoms with Crippen LogP contribution in [0.2, 0.25) is 0 Å². The van der Waals surface area contributed by atoms with E-state index in [0.717, 1.165) is 19.3 Å². The highest BCUT2D eigenvalue weighted by Gasteiger charge is 2.23. The molecule has 0 saturated heterocycles. The first-order valence-electron chi connectivity index (χ1n) is 7.12. The molecule has 1 amide bonds. The maximum absolute atomic E-state index is 14.2. The van der Waals surface area contributed by atoms with E-state index in [-0.39, 0.29) is 16.9 Å². The van der Waals surface area contributed by atoms with Gasteiger partial charge >= 0.3 is 0 Å². The summed E-state index contributed by atoms with van der Waals surface area (Å²) in [6, 6.07) is 1.41. The number of pyridine rings is 1. The van der Waals surface area contributed by atoms with Crippen LogP contribution in [0.3, 0.4) is 0 Å². The van der Waals surface area contributed by atoms with Gasteiger partial charge in [0.1, 0.15) is 0 Å². The summed E-state index contributed by atoms with van der Waals surface area (Å²) in [5.41, 5.74) is -0.318. The lowest BCUT2D eigenvalue weighted by Gasteiger charge is -2.26. The Hall–Kier alpha value is -1.65. The molecule has 5 heteroatoms. The van der Waals surface area contributed by atoms with Crippen molar-refractivity contribution in [2.45, 2.75) is 52.5 Å². The molecule has 0 spiro atoms. The Labute approximate surface area is 120 Å². The molecule has 1 rings (SSSR count). The molecule has 1 heterocycles. The topological polar surface area (TPSA) is 54.0 Å². The van der Waals surface area contributed by atoms with Crippen LogP contribution in [0.25, 0.3) is 0 Å². The van der Waals surface area contributed by atoms with Crippen LogP contribution in [0.1, 0.15) is 57.3 Å². The SMILES string of the molecule is CCCNc1nccc(C(=O)NC(C)(C)CCC)c1F. The Morgan fingerprint density at radius 1 is 1.35 bits per heavy atom. The van der Waals surface area contributed by atoms with Crippen molar-refractivity contribution in [2.24, 2.45) is 0 Å². The normalized spacial score (nSPS) is 11.2. The van der Waals surface area contributed by atoms with Gasteiger partial charge in [0.05, 0.1) is 5.56 Å². The zero-order valence-corrected chi connectivity index (χ0v) is 12.7. The molecule has 0 saturated carbocycles. The van der Waals surface area contributed by atoms with Gasteiger partial charge in [-0.15, -0.1) is 0 Å². The van der Waals surface area contributed by atoms with Gasteiger partial charge in [0, 0.05) is 18.3 Å². The fourth-order valence-corrected chi connectivity index (χ4v) is 2.05. The maximum atomic E-state index is 14.2. The molecule has 0 fully saturated rings. The average molecular weight is 281 g/mol. The predicted molar refractivity (Wildman–Crippen MR) is 79.4 cm³/mol. The highest BCUT2D eigenvalue weighted by molar-refractivity contribution is 5.95. The van der Waals surface area contributed by atoms with E-state index in [2.05, 4.69) is 15.6 Å². The number of nitrogens with zero attached hydrogens (tertiary/aromatic N) is 1. The number of anilines is 1. The molecule has 0 atom stereocenters. The number of rotatable bonds is 7. The van der Waals surface area contributed by atoms with Gasteiger partial charge in [0.25, 0.3) is 5.91 Å². The lowest BCUT2D eigenvalue weighted by atomic mass is 9.98. The monoisotopic (exact) mass is 281 g/mol. The van der Waals surface area contributed by atoms with Crippen LogP contribution in [0.15, 0.2) is 12.3 Å². The van der Waals surface area contributed by atoms with Crippen molar-refractivity contribution in [3.63, 3.8) is 0 Å². The molecule has 0 aliphatic carbocycles. The van der Waals surface area contributed by atoms with E-state index in [0.29, 0.717) is 6.54 Å². The van der Waals surface area contributed by atoms with E-state index in [1.165, 1.54) is 12.3 Å². The minimum atomic E-state index is -0.592. The van der Waals surface area contributed by atoms with Crippen molar-refractivity contribution >= 4 is 11.7 Å². The summed E-state index contributed by atoms with van der Waals surface area (Å²) in [6.45, 7) is 8.52. The molecular formula is C15H24FN3O. The van der Waals surface area contributed by atoms with Gasteiger partial charge in [0.15, 0.2) is 11.6 Å². The van der Waals surface area contributed by atoms with Crippen molar-refractivity contribution in [1.29, 1.82) is 0 Å². The molecule has 0 aliphatic rings. The third-order valence-corrected chi connectivity index (χ3v) is 3.00. The molecule has 112 valence electrons. The molecule has 2 N–H and O–H groups in total. The summed E-state index contributed by atoms with van der Waals surface area (Å²) < 4.78 is 14.2. The van der Waals surface area contributed by atoms with Gasteiger partial charge in [-0.2, -0.15) is 0 Å². The standard InChI is InChI=1S/C15H24FN3O/c1-5-8-15(3,4)19-14(20)11-7-10-18-13(12(11)16)17-9-6-2/h7,10H,5-6,8-9H2,1-4H3,(H,17,18)(H,19,20). The van der Waals surface area contributed by atoms with Gasteiger partial charge in [-0.05, 0) is 32.8 Å². The lowest BCUT2D eigenvalue weighted by Crippen LogP contribution is -2.43. The summed E-state index contributed by atoms with van der Waals surface area (Å²) >= 11 is 0. The van der Waals surface area contributed by atoms with Crippen LogP contribution in [0, 0.1) is 5.82 Å². The quantitative estimate of drug-likeness (QED) is 0.806. The first-order chi connectivity index (χ1) is 9.41. The van der Waals surface area contributed by atoms with E-state index in [1.54, 1.807) is 0 Å². The zero-order valence-electron chi connectivity index (χ0n) is 12.7. The number of carbonyl (C=O) groups is 1. The summed E-state index contributed by atoms with van der Waals surface area (Å²) in [5, 5.41) is 5.74. The fourth-order valence-electron chi connectivity index (χ4n) is 2.05. The minimum absolute atomic E-state index is 0.0304. The van der Waals surface area contributed by atoms with Crippen LogP contribution in [0.4, 0.5) is 10.2 Å². The molecule has 20 heavy (non-hydrogen) atoms. The Morgan fingerprint density at radius 2 is 2.05 bits per heavy atom. The van der Waals surface area contributed by atoms with E-state index in [9.17, 15) is 9.18 Å². The number of carbonyl (C=O) groups excluding carboxylic acids is 1. The zero-order chi connectivity index (χ0) is 15.2. The second-order valence-electron chi connectivity index (χ2n) is 5.54. The van der Waals surface area contributed by atoms with E-state index < -0.39 is 11.7 Å². The van der Waals surface area contributed by atoms with Crippen molar-refractivity contribution in [2.75, 3.05) is 11.9 Å². The third kappa shape index (κ3) is 4.47. The second-order valence-corrected chi connectivity index (χ2v) is 5.54. The van der Waals surface area contributed by atoms with Gasteiger partial charge < -0.3 is 10.6 Å². The third-order valence-electron chi connectivity index (χ3n) is 3.00. The van der Waals surface area contributed by atoms with E-state index in [1.807, 2.05) is 27.7 Å². The largest absolute Gasteiger partial charge is 0.368 e. The average Bonchev–Trinajstić information content (AvgIpc) is 2.36. The second kappa shape index (κ2) is 7.22. The Morgan fingerprint density at radius 3 is 2.65 bits per heavy atom. The number of aromatic nitrogens is 1. The van der Waals surface area contributed by atoms with Crippen molar-refractivity contribution in [1.82, 2.24) is 10.3 Å². The number of halogens is 1. The van der Waals surface area contributed by atoms with Gasteiger partial charge in [-0.1, -0.05) is 20.3 Å². The number of amides is 1. The van der Waals surface area contributed by atoms with Crippen molar-refractivity contribution in [3.8, 4) is 0 Å². The minimum Gasteiger partial charge on any atom is -0.368 e. The highest BCUT2D eigenvalue weighted by atomic mass is 19.1. The molecule has 1 aromatic heterocycles. The first-order valence-corrected chi connectivity index (χ1v) is 7.12. The van der Waals surface area contributed by atoms with Crippen molar-refractivity contribution < 1.29 is 9.18 Å². The lowest BCUT2D eigenvalue weighted by molar-refractivity contribution is 0.0905. The van der Waals surface area contributed by atoms with E-state index in [4.69, 9.17) is 0 Å². The summed E-state index contributed by atoms with van der Waals surface area (Å²) in [7, 11) is 0. The van der Waals surface area contributed by atoms with Crippen LogP contribution < -0.4 is 10.6 Å². The van der Waals surface area contributed by atoms with Gasteiger partial charge in [0.2, 0.25) is 0 Å². The fraction of sp³-hybridized carbons (Fsp3) is 0.600.